The predicted octanol–water partition coefficient (Wildman–Crippen LogP) is 0.771. The van der Waals surface area contributed by atoms with Gasteiger partial charge in [0.1, 0.15) is 5.69 Å². The summed E-state index contributed by atoms with van der Waals surface area (Å²) in [5, 5.41) is 0. The number of nitrogen functional groups attached to an aromatic ring is 1. The van der Waals surface area contributed by atoms with E-state index < -0.39 is 0 Å². The quantitative estimate of drug-likeness (QED) is 0.818. The molecule has 1 heterocycles. The van der Waals surface area contributed by atoms with Crippen LogP contribution < -0.4 is 5.73 Å². The molecule has 0 aromatic carbocycles. The molecule has 0 aliphatic heterocycles. The van der Waals surface area contributed by atoms with E-state index in [4.69, 9.17) is 10.5 Å². The highest BCUT2D eigenvalue weighted by atomic mass is 16.5. The van der Waals surface area contributed by atoms with Gasteiger partial charge in [-0.3, -0.25) is 4.79 Å². The molecule has 0 fully saturated rings. The van der Waals surface area contributed by atoms with Gasteiger partial charge in [0.05, 0.1) is 24.5 Å². The fraction of sp³-hybridized carbons (Fsp3) is 0.455. The summed E-state index contributed by atoms with van der Waals surface area (Å²) < 4.78 is 5.00. The maximum atomic E-state index is 11.9. The van der Waals surface area contributed by atoms with E-state index in [-0.39, 0.29) is 11.9 Å². The Bertz CT molecular complexity index is 351. The molecular formula is C11H17N3O2. The molecule has 1 aromatic heterocycles. The topological polar surface area (TPSA) is 68.5 Å². The van der Waals surface area contributed by atoms with E-state index in [0.29, 0.717) is 18.0 Å². The molecule has 88 valence electrons. The van der Waals surface area contributed by atoms with E-state index >= 15 is 0 Å². The molecule has 0 saturated heterocycles. The van der Waals surface area contributed by atoms with Gasteiger partial charge in [-0.25, -0.2) is 4.98 Å². The Labute approximate surface area is 95.2 Å². The van der Waals surface area contributed by atoms with E-state index in [1.165, 1.54) is 6.20 Å². The molecule has 1 atom stereocenters. The van der Waals surface area contributed by atoms with Crippen molar-refractivity contribution in [2.75, 3.05) is 26.5 Å². The fourth-order valence-electron chi connectivity index (χ4n) is 1.27. The van der Waals surface area contributed by atoms with Gasteiger partial charge < -0.3 is 15.4 Å². The fourth-order valence-corrected chi connectivity index (χ4v) is 1.27. The van der Waals surface area contributed by atoms with Gasteiger partial charge in [0, 0.05) is 14.2 Å². The van der Waals surface area contributed by atoms with Crippen molar-refractivity contribution in [1.82, 2.24) is 9.88 Å². The first-order valence-electron chi connectivity index (χ1n) is 5.04. The SMILES string of the molecule is COCC(C)N(C)C(=O)c1ccc(N)cn1. The molecule has 0 saturated carbocycles. The van der Waals surface area contributed by atoms with Crippen LogP contribution in [0.15, 0.2) is 18.3 Å². The Morgan fingerprint density at radius 3 is 2.81 bits per heavy atom. The lowest BCUT2D eigenvalue weighted by atomic mass is 10.2. The number of carbonyl (C=O) groups is 1. The smallest absolute Gasteiger partial charge is 0.272 e. The Morgan fingerprint density at radius 2 is 2.31 bits per heavy atom. The zero-order valence-electron chi connectivity index (χ0n) is 9.80. The second-order valence-corrected chi connectivity index (χ2v) is 3.70. The molecule has 2 N–H and O–H groups in total. The standard InChI is InChI=1S/C11H17N3O2/c1-8(7-16-3)14(2)11(15)10-5-4-9(12)6-13-10/h4-6,8H,7,12H2,1-3H3. The highest BCUT2D eigenvalue weighted by Gasteiger charge is 2.17. The number of hydrogen-bond donors (Lipinski definition) is 1. The van der Waals surface area contributed by atoms with Crippen LogP contribution in [-0.2, 0) is 4.74 Å². The number of methoxy groups -OCH3 is 1. The Balaban J connectivity index is 2.73. The number of anilines is 1. The number of nitrogens with zero attached hydrogens (tertiary/aromatic N) is 2. The maximum Gasteiger partial charge on any atom is 0.272 e. The number of nitrogens with two attached hydrogens (primary N) is 1. The minimum Gasteiger partial charge on any atom is -0.397 e. The molecule has 0 bridgehead atoms. The van der Waals surface area contributed by atoms with Gasteiger partial charge in [-0.05, 0) is 19.1 Å². The lowest BCUT2D eigenvalue weighted by molar-refractivity contribution is 0.0628. The highest BCUT2D eigenvalue weighted by molar-refractivity contribution is 5.92. The van der Waals surface area contributed by atoms with Crippen LogP contribution >= 0.6 is 0 Å². The van der Waals surface area contributed by atoms with Crippen molar-refractivity contribution in [2.24, 2.45) is 0 Å². The number of ether oxygens (including phenoxy) is 1. The number of likely N-dealkylation sites (N-methyl/N-ethyl adjacent to an activating group) is 1. The molecule has 0 spiro atoms. The normalized spacial score (nSPS) is 12.2. The van der Waals surface area contributed by atoms with Crippen molar-refractivity contribution in [3.05, 3.63) is 24.0 Å². The molecule has 0 radical (unpaired) electrons. The third kappa shape index (κ3) is 2.93. The summed E-state index contributed by atoms with van der Waals surface area (Å²) >= 11 is 0. The minimum absolute atomic E-state index is 0.0110. The van der Waals surface area contributed by atoms with Crippen molar-refractivity contribution in [1.29, 1.82) is 0 Å². The molecular weight excluding hydrogens is 206 g/mol. The summed E-state index contributed by atoms with van der Waals surface area (Å²) in [5.41, 5.74) is 6.44. The average molecular weight is 223 g/mol. The van der Waals surface area contributed by atoms with E-state index in [2.05, 4.69) is 4.98 Å². The number of rotatable bonds is 4. The predicted molar refractivity (Wildman–Crippen MR) is 62.1 cm³/mol. The summed E-state index contributed by atoms with van der Waals surface area (Å²) in [6.45, 7) is 2.41. The van der Waals surface area contributed by atoms with Crippen molar-refractivity contribution in [3.63, 3.8) is 0 Å². The highest BCUT2D eigenvalue weighted by Crippen LogP contribution is 2.06. The Kier molecular flexibility index (Phi) is 4.25. The van der Waals surface area contributed by atoms with Crippen LogP contribution in [0.2, 0.25) is 0 Å². The lowest BCUT2D eigenvalue weighted by Gasteiger charge is -2.23. The van der Waals surface area contributed by atoms with Crippen molar-refractivity contribution < 1.29 is 9.53 Å². The molecule has 5 heteroatoms. The molecule has 1 unspecified atom stereocenters. The Hall–Kier alpha value is -1.62. The van der Waals surface area contributed by atoms with Crippen molar-refractivity contribution in [2.45, 2.75) is 13.0 Å². The molecule has 1 amide bonds. The van der Waals surface area contributed by atoms with Gasteiger partial charge in [-0.15, -0.1) is 0 Å². The van der Waals surface area contributed by atoms with Crippen LogP contribution in [0.1, 0.15) is 17.4 Å². The second-order valence-electron chi connectivity index (χ2n) is 3.70. The van der Waals surface area contributed by atoms with Crippen molar-refractivity contribution >= 4 is 11.6 Å². The molecule has 0 aliphatic rings. The summed E-state index contributed by atoms with van der Waals surface area (Å²) in [6, 6.07) is 3.29. The monoisotopic (exact) mass is 223 g/mol. The minimum atomic E-state index is -0.135. The van der Waals surface area contributed by atoms with E-state index in [1.54, 1.807) is 31.2 Å². The molecule has 5 nitrogen and oxygen atoms in total. The number of pyridine rings is 1. The molecule has 1 rings (SSSR count). The third-order valence-corrected chi connectivity index (χ3v) is 2.39. The summed E-state index contributed by atoms with van der Waals surface area (Å²) in [5.74, 6) is -0.135. The number of hydrogen-bond acceptors (Lipinski definition) is 4. The van der Waals surface area contributed by atoms with Crippen LogP contribution in [0.4, 0.5) is 5.69 Å². The average Bonchev–Trinajstić information content (AvgIpc) is 2.28. The van der Waals surface area contributed by atoms with E-state index in [1.807, 2.05) is 6.92 Å². The first kappa shape index (κ1) is 12.4. The first-order chi connectivity index (χ1) is 7.56. The number of carbonyl (C=O) groups excluding carboxylic acids is 1. The number of amides is 1. The van der Waals surface area contributed by atoms with E-state index in [0.717, 1.165) is 0 Å². The van der Waals surface area contributed by atoms with Crippen LogP contribution in [0, 0.1) is 0 Å². The number of aromatic nitrogens is 1. The molecule has 1 aromatic rings. The van der Waals surface area contributed by atoms with Gasteiger partial charge in [0.25, 0.3) is 5.91 Å². The van der Waals surface area contributed by atoms with Crippen molar-refractivity contribution in [3.8, 4) is 0 Å². The van der Waals surface area contributed by atoms with E-state index in [9.17, 15) is 4.79 Å². The van der Waals surface area contributed by atoms with Crippen LogP contribution in [-0.4, -0.2) is 42.6 Å². The summed E-state index contributed by atoms with van der Waals surface area (Å²) in [4.78, 5) is 17.5. The van der Waals surface area contributed by atoms with Gasteiger partial charge in [-0.2, -0.15) is 0 Å². The summed E-state index contributed by atoms with van der Waals surface area (Å²) in [7, 11) is 3.33. The Morgan fingerprint density at radius 1 is 1.62 bits per heavy atom. The van der Waals surface area contributed by atoms with Gasteiger partial charge in [0.2, 0.25) is 0 Å². The van der Waals surface area contributed by atoms with Crippen LogP contribution in [0.25, 0.3) is 0 Å². The zero-order chi connectivity index (χ0) is 12.1. The largest absolute Gasteiger partial charge is 0.397 e. The molecule has 16 heavy (non-hydrogen) atoms. The van der Waals surface area contributed by atoms with Crippen LogP contribution in [0.5, 0.6) is 0 Å². The van der Waals surface area contributed by atoms with Gasteiger partial charge >= 0.3 is 0 Å². The van der Waals surface area contributed by atoms with Crippen LogP contribution in [0.3, 0.4) is 0 Å². The summed E-state index contributed by atoms with van der Waals surface area (Å²) in [6.07, 6.45) is 1.47. The molecule has 0 aliphatic carbocycles. The third-order valence-electron chi connectivity index (χ3n) is 2.39. The van der Waals surface area contributed by atoms with Gasteiger partial charge in [-0.1, -0.05) is 0 Å². The first-order valence-corrected chi connectivity index (χ1v) is 5.04. The van der Waals surface area contributed by atoms with Gasteiger partial charge in [0.15, 0.2) is 0 Å². The lowest BCUT2D eigenvalue weighted by Crippen LogP contribution is -2.38. The second kappa shape index (κ2) is 5.46. The maximum absolute atomic E-state index is 11.9. The zero-order valence-corrected chi connectivity index (χ0v) is 9.80.